The highest BCUT2D eigenvalue weighted by molar-refractivity contribution is 6.31. The van der Waals surface area contributed by atoms with Crippen molar-refractivity contribution in [2.75, 3.05) is 0 Å². The van der Waals surface area contributed by atoms with Crippen LogP contribution in [-0.4, -0.2) is 6.29 Å². The lowest BCUT2D eigenvalue weighted by atomic mass is 10.2. The van der Waals surface area contributed by atoms with Crippen molar-refractivity contribution < 1.29 is 13.6 Å². The van der Waals surface area contributed by atoms with Gasteiger partial charge in [0.1, 0.15) is 23.6 Å². The molecule has 0 N–H and O–H groups in total. The van der Waals surface area contributed by atoms with E-state index in [-0.39, 0.29) is 5.02 Å². The molecule has 92 valence electrons. The topological polar surface area (TPSA) is 30.2 Å². The molecular weight excluding hydrogens is 255 g/mol. The smallest absolute Gasteiger partial charge is 0.145 e. The average Bonchev–Trinajstić information content (AvgIpc) is 2.81. The Labute approximate surface area is 109 Å². The van der Waals surface area contributed by atoms with Gasteiger partial charge in [-0.3, -0.25) is 4.79 Å². The number of halogens is 2. The second kappa shape index (κ2) is 5.19. The van der Waals surface area contributed by atoms with Crippen LogP contribution in [-0.2, 0) is 4.79 Å². The normalized spacial score (nSPS) is 11.6. The van der Waals surface area contributed by atoms with Gasteiger partial charge < -0.3 is 4.42 Å². The van der Waals surface area contributed by atoms with Crippen LogP contribution in [0.5, 0.6) is 0 Å². The highest BCUT2D eigenvalue weighted by atomic mass is 35.5. The summed E-state index contributed by atoms with van der Waals surface area (Å²) in [5.41, 5.74) is 1.25. The maximum absolute atomic E-state index is 13.0. The molecule has 0 radical (unpaired) electrons. The lowest BCUT2D eigenvalue weighted by Crippen LogP contribution is -1.79. The maximum atomic E-state index is 13.0. The lowest BCUT2D eigenvalue weighted by Gasteiger charge is -1.98. The summed E-state index contributed by atoms with van der Waals surface area (Å²) in [5.74, 6) is 0.667. The summed E-state index contributed by atoms with van der Waals surface area (Å²) in [4.78, 5) is 10.5. The zero-order valence-corrected chi connectivity index (χ0v) is 10.4. The molecule has 0 unspecified atom stereocenters. The van der Waals surface area contributed by atoms with E-state index in [0.29, 0.717) is 22.7 Å². The monoisotopic (exact) mass is 264 g/mol. The fourth-order valence-corrected chi connectivity index (χ4v) is 1.67. The molecular formula is C14H10ClFO2. The summed E-state index contributed by atoms with van der Waals surface area (Å²) in [6, 6.07) is 7.84. The van der Waals surface area contributed by atoms with E-state index in [0.717, 1.165) is 6.29 Å². The summed E-state index contributed by atoms with van der Waals surface area (Å²) in [5, 5.41) is 0.0464. The van der Waals surface area contributed by atoms with E-state index in [9.17, 15) is 9.18 Å². The molecule has 4 heteroatoms. The van der Waals surface area contributed by atoms with Crippen molar-refractivity contribution in [3.8, 4) is 11.3 Å². The molecule has 0 saturated carbocycles. The van der Waals surface area contributed by atoms with Crippen molar-refractivity contribution in [2.45, 2.75) is 6.92 Å². The summed E-state index contributed by atoms with van der Waals surface area (Å²) >= 11 is 5.70. The Morgan fingerprint density at radius 2 is 2.11 bits per heavy atom. The Hall–Kier alpha value is -1.87. The van der Waals surface area contributed by atoms with Gasteiger partial charge in [0.05, 0.1) is 5.02 Å². The van der Waals surface area contributed by atoms with Gasteiger partial charge in [-0.25, -0.2) is 4.39 Å². The SMILES string of the molecule is C/C(C=O)=C\c1ccc(-c2ccc(F)c(Cl)c2)o1. The standard InChI is InChI=1S/C14H10ClFO2/c1-9(8-17)6-11-3-5-14(18-11)10-2-4-13(16)12(15)7-10/h2-8H,1H3/b9-6+. The molecule has 1 aromatic carbocycles. The molecule has 2 aromatic rings. The number of hydrogen-bond acceptors (Lipinski definition) is 2. The number of rotatable bonds is 3. The van der Waals surface area contributed by atoms with Crippen LogP contribution in [0.3, 0.4) is 0 Å². The van der Waals surface area contributed by atoms with E-state index in [1.54, 1.807) is 31.2 Å². The molecule has 1 heterocycles. The van der Waals surface area contributed by atoms with E-state index in [4.69, 9.17) is 16.0 Å². The van der Waals surface area contributed by atoms with Crippen LogP contribution < -0.4 is 0 Å². The summed E-state index contributed by atoms with van der Waals surface area (Å²) in [7, 11) is 0. The molecule has 0 aliphatic heterocycles. The van der Waals surface area contributed by atoms with E-state index in [1.165, 1.54) is 12.1 Å². The minimum atomic E-state index is -0.469. The molecule has 2 rings (SSSR count). The number of allylic oxidation sites excluding steroid dienone is 1. The zero-order valence-electron chi connectivity index (χ0n) is 9.61. The van der Waals surface area contributed by atoms with Crippen LogP contribution >= 0.6 is 11.6 Å². The molecule has 0 aliphatic carbocycles. The summed E-state index contributed by atoms with van der Waals surface area (Å²) in [6.07, 6.45) is 2.37. The van der Waals surface area contributed by atoms with E-state index < -0.39 is 5.82 Å². The highest BCUT2D eigenvalue weighted by Crippen LogP contribution is 2.27. The van der Waals surface area contributed by atoms with Gasteiger partial charge in [-0.1, -0.05) is 11.6 Å². The Balaban J connectivity index is 2.35. The Morgan fingerprint density at radius 3 is 2.78 bits per heavy atom. The molecule has 0 aliphatic rings. The van der Waals surface area contributed by atoms with Crippen molar-refractivity contribution in [1.29, 1.82) is 0 Å². The Kier molecular flexibility index (Phi) is 3.63. The van der Waals surface area contributed by atoms with E-state index in [2.05, 4.69) is 0 Å². The third kappa shape index (κ3) is 2.68. The second-order valence-electron chi connectivity index (χ2n) is 3.84. The highest BCUT2D eigenvalue weighted by Gasteiger charge is 2.06. The van der Waals surface area contributed by atoms with Crippen LogP contribution in [0.25, 0.3) is 17.4 Å². The fraction of sp³-hybridized carbons (Fsp3) is 0.0714. The molecule has 1 aromatic heterocycles. The third-order valence-corrected chi connectivity index (χ3v) is 2.68. The minimum absolute atomic E-state index is 0.0464. The predicted octanol–water partition coefficient (Wildman–Crippen LogP) is 4.34. The lowest BCUT2D eigenvalue weighted by molar-refractivity contribution is -0.104. The minimum Gasteiger partial charge on any atom is -0.457 e. The van der Waals surface area contributed by atoms with Gasteiger partial charge in [0.25, 0.3) is 0 Å². The second-order valence-corrected chi connectivity index (χ2v) is 4.24. The first-order valence-electron chi connectivity index (χ1n) is 5.29. The molecule has 0 fully saturated rings. The number of aldehydes is 1. The van der Waals surface area contributed by atoms with Crippen molar-refractivity contribution in [2.24, 2.45) is 0 Å². The third-order valence-electron chi connectivity index (χ3n) is 2.39. The predicted molar refractivity (Wildman–Crippen MR) is 68.8 cm³/mol. The van der Waals surface area contributed by atoms with E-state index >= 15 is 0 Å². The van der Waals surface area contributed by atoms with E-state index in [1.807, 2.05) is 0 Å². The van der Waals surface area contributed by atoms with Crippen molar-refractivity contribution >= 4 is 24.0 Å². The Bertz CT molecular complexity index is 614. The van der Waals surface area contributed by atoms with Crippen LogP contribution in [0.15, 0.2) is 40.3 Å². The summed E-state index contributed by atoms with van der Waals surface area (Å²) in [6.45, 7) is 1.68. The van der Waals surface area contributed by atoms with Crippen LogP contribution in [0.1, 0.15) is 12.7 Å². The maximum Gasteiger partial charge on any atom is 0.145 e. The zero-order chi connectivity index (χ0) is 13.1. The number of carbonyl (C=O) groups is 1. The van der Waals surface area contributed by atoms with Crippen molar-refractivity contribution in [1.82, 2.24) is 0 Å². The molecule has 0 spiro atoms. The van der Waals surface area contributed by atoms with Gasteiger partial charge in [0.15, 0.2) is 0 Å². The first-order valence-corrected chi connectivity index (χ1v) is 5.66. The van der Waals surface area contributed by atoms with Gasteiger partial charge in [-0.15, -0.1) is 0 Å². The summed E-state index contributed by atoms with van der Waals surface area (Å²) < 4.78 is 18.5. The quantitative estimate of drug-likeness (QED) is 0.610. The van der Waals surface area contributed by atoms with Gasteiger partial charge in [-0.2, -0.15) is 0 Å². The van der Waals surface area contributed by atoms with Crippen LogP contribution in [0.4, 0.5) is 4.39 Å². The van der Waals surface area contributed by atoms with Gasteiger partial charge >= 0.3 is 0 Å². The van der Waals surface area contributed by atoms with Gasteiger partial charge in [0.2, 0.25) is 0 Å². The molecule has 2 nitrogen and oxygen atoms in total. The first kappa shape index (κ1) is 12.6. The van der Waals surface area contributed by atoms with Gasteiger partial charge in [0, 0.05) is 5.56 Å². The van der Waals surface area contributed by atoms with Gasteiger partial charge in [-0.05, 0) is 48.9 Å². The number of hydrogen-bond donors (Lipinski definition) is 0. The van der Waals surface area contributed by atoms with Crippen molar-refractivity contribution in [3.05, 3.63) is 52.5 Å². The van der Waals surface area contributed by atoms with Crippen molar-refractivity contribution in [3.63, 3.8) is 0 Å². The average molecular weight is 265 g/mol. The largest absolute Gasteiger partial charge is 0.457 e. The fourth-order valence-electron chi connectivity index (χ4n) is 1.49. The van der Waals surface area contributed by atoms with Crippen LogP contribution in [0, 0.1) is 5.82 Å². The number of carbonyl (C=O) groups excluding carboxylic acids is 1. The van der Waals surface area contributed by atoms with Crippen LogP contribution in [0.2, 0.25) is 5.02 Å². The number of furan rings is 1. The Morgan fingerprint density at radius 1 is 1.33 bits per heavy atom. The molecule has 0 atom stereocenters. The molecule has 0 saturated heterocycles. The molecule has 0 bridgehead atoms. The molecule has 0 amide bonds. The first-order chi connectivity index (χ1) is 8.60. The number of benzene rings is 1. The molecule has 18 heavy (non-hydrogen) atoms.